The zero-order valence-corrected chi connectivity index (χ0v) is 12.9. The maximum Gasteiger partial charge on any atom is 0.251 e. The Balaban J connectivity index is 1.65. The molecule has 1 aromatic heterocycles. The Morgan fingerprint density at radius 3 is 2.70 bits per heavy atom. The minimum atomic E-state index is -2.66. The highest BCUT2D eigenvalue weighted by Gasteiger charge is 2.38. The topological polar surface area (TPSA) is 36.4 Å². The molecule has 1 atom stereocenters. The molecule has 0 saturated carbocycles. The predicted octanol–water partition coefficient (Wildman–Crippen LogP) is 2.69. The molecular formula is C16H20F3N3O. The molecule has 4 nitrogen and oxygen atoms in total. The maximum absolute atomic E-state index is 13.9. The van der Waals surface area contributed by atoms with Crippen LogP contribution in [0.4, 0.5) is 19.0 Å². The molecule has 2 fully saturated rings. The molecule has 0 aliphatic carbocycles. The number of hydrogen-bond donors (Lipinski definition) is 0. The molecule has 0 aromatic carbocycles. The molecule has 7 heteroatoms. The van der Waals surface area contributed by atoms with Gasteiger partial charge in [0.25, 0.3) is 5.92 Å². The van der Waals surface area contributed by atoms with Crippen molar-refractivity contribution in [3.63, 3.8) is 0 Å². The van der Waals surface area contributed by atoms with Gasteiger partial charge in [-0.1, -0.05) is 0 Å². The monoisotopic (exact) mass is 327 g/mol. The van der Waals surface area contributed by atoms with Crippen molar-refractivity contribution >= 4 is 11.7 Å². The molecule has 2 aliphatic rings. The van der Waals surface area contributed by atoms with Gasteiger partial charge in [0.1, 0.15) is 0 Å². The van der Waals surface area contributed by atoms with Crippen molar-refractivity contribution in [2.45, 2.75) is 31.6 Å². The smallest absolute Gasteiger partial charge is 0.251 e. The van der Waals surface area contributed by atoms with Gasteiger partial charge in [0.05, 0.1) is 5.92 Å². The van der Waals surface area contributed by atoms with Crippen LogP contribution in [0.5, 0.6) is 0 Å². The van der Waals surface area contributed by atoms with Crippen LogP contribution >= 0.6 is 0 Å². The lowest BCUT2D eigenvalue weighted by Gasteiger charge is -2.38. The molecule has 126 valence electrons. The number of rotatable bonds is 2. The van der Waals surface area contributed by atoms with E-state index in [9.17, 15) is 18.0 Å². The first-order chi connectivity index (χ1) is 11.0. The Kier molecular flexibility index (Phi) is 4.46. The largest absolute Gasteiger partial charge is 0.353 e. The number of piperidine rings is 2. The van der Waals surface area contributed by atoms with Gasteiger partial charge in [-0.15, -0.1) is 0 Å². The lowest BCUT2D eigenvalue weighted by Crippen LogP contribution is -2.49. The van der Waals surface area contributed by atoms with E-state index in [-0.39, 0.29) is 43.6 Å². The van der Waals surface area contributed by atoms with Gasteiger partial charge in [0, 0.05) is 45.2 Å². The third-order valence-corrected chi connectivity index (χ3v) is 4.62. The van der Waals surface area contributed by atoms with E-state index in [2.05, 4.69) is 4.98 Å². The number of anilines is 1. The van der Waals surface area contributed by atoms with E-state index in [1.165, 1.54) is 23.2 Å². The molecule has 3 heterocycles. The van der Waals surface area contributed by atoms with E-state index in [0.29, 0.717) is 19.5 Å². The Bertz CT molecular complexity index is 571. The highest BCUT2D eigenvalue weighted by molar-refractivity contribution is 5.80. The van der Waals surface area contributed by atoms with Gasteiger partial charge < -0.3 is 9.80 Å². The third-order valence-electron chi connectivity index (χ3n) is 4.62. The van der Waals surface area contributed by atoms with Crippen molar-refractivity contribution in [1.29, 1.82) is 0 Å². The fraction of sp³-hybridized carbons (Fsp3) is 0.625. The van der Waals surface area contributed by atoms with Crippen LogP contribution in [-0.2, 0) is 4.79 Å². The lowest BCUT2D eigenvalue weighted by atomic mass is 9.95. The maximum atomic E-state index is 13.9. The fourth-order valence-corrected chi connectivity index (χ4v) is 3.29. The minimum Gasteiger partial charge on any atom is -0.353 e. The summed E-state index contributed by atoms with van der Waals surface area (Å²) in [7, 11) is 0. The fourth-order valence-electron chi connectivity index (χ4n) is 3.29. The Morgan fingerprint density at radius 1 is 1.26 bits per heavy atom. The molecule has 2 saturated heterocycles. The molecule has 0 bridgehead atoms. The second kappa shape index (κ2) is 6.37. The molecule has 0 radical (unpaired) electrons. The molecule has 1 aromatic rings. The van der Waals surface area contributed by atoms with Crippen molar-refractivity contribution in [1.82, 2.24) is 9.88 Å². The molecular weight excluding hydrogens is 307 g/mol. The second-order valence-electron chi connectivity index (χ2n) is 6.28. The van der Waals surface area contributed by atoms with Crippen molar-refractivity contribution in [3.05, 3.63) is 24.1 Å². The van der Waals surface area contributed by atoms with Gasteiger partial charge in [0.15, 0.2) is 11.6 Å². The minimum absolute atomic E-state index is 0.0958. The summed E-state index contributed by atoms with van der Waals surface area (Å²) in [6.07, 6.45) is 2.44. The zero-order chi connectivity index (χ0) is 16.4. The first-order valence-corrected chi connectivity index (χ1v) is 7.98. The van der Waals surface area contributed by atoms with E-state index in [1.54, 1.807) is 4.90 Å². The van der Waals surface area contributed by atoms with Gasteiger partial charge in [-0.3, -0.25) is 4.79 Å². The van der Waals surface area contributed by atoms with Gasteiger partial charge in [-0.25, -0.2) is 18.2 Å². The molecule has 1 unspecified atom stereocenters. The van der Waals surface area contributed by atoms with Crippen molar-refractivity contribution < 1.29 is 18.0 Å². The van der Waals surface area contributed by atoms with Crippen LogP contribution in [0.2, 0.25) is 0 Å². The van der Waals surface area contributed by atoms with Crippen LogP contribution in [0, 0.1) is 11.7 Å². The molecule has 1 amide bonds. The summed E-state index contributed by atoms with van der Waals surface area (Å²) < 4.78 is 40.3. The van der Waals surface area contributed by atoms with E-state index >= 15 is 0 Å². The predicted molar refractivity (Wildman–Crippen MR) is 79.9 cm³/mol. The van der Waals surface area contributed by atoms with Gasteiger partial charge >= 0.3 is 0 Å². The van der Waals surface area contributed by atoms with Crippen LogP contribution in [0.15, 0.2) is 18.3 Å². The van der Waals surface area contributed by atoms with Crippen molar-refractivity contribution in [2.75, 3.05) is 31.1 Å². The van der Waals surface area contributed by atoms with Gasteiger partial charge in [-0.2, -0.15) is 0 Å². The van der Waals surface area contributed by atoms with Gasteiger partial charge in [0.2, 0.25) is 5.91 Å². The number of nitrogens with zero attached hydrogens (tertiary/aromatic N) is 3. The Morgan fingerprint density at radius 2 is 2.00 bits per heavy atom. The second-order valence-corrected chi connectivity index (χ2v) is 6.28. The first kappa shape index (κ1) is 16.1. The number of amides is 1. The number of carbonyl (C=O) groups excluding carboxylic acids is 1. The highest BCUT2D eigenvalue weighted by Crippen LogP contribution is 2.30. The van der Waals surface area contributed by atoms with Crippen molar-refractivity contribution in [2.24, 2.45) is 5.92 Å². The van der Waals surface area contributed by atoms with Crippen LogP contribution in [0.25, 0.3) is 0 Å². The van der Waals surface area contributed by atoms with Crippen LogP contribution in [0.3, 0.4) is 0 Å². The normalized spacial score (nSPS) is 24.6. The zero-order valence-electron chi connectivity index (χ0n) is 12.9. The summed E-state index contributed by atoms with van der Waals surface area (Å²) in [4.78, 5) is 19.9. The number of aromatic nitrogens is 1. The number of carbonyl (C=O) groups is 1. The number of likely N-dealkylation sites (tertiary alicyclic amines) is 1. The molecule has 2 aliphatic heterocycles. The number of alkyl halides is 2. The molecule has 0 spiro atoms. The van der Waals surface area contributed by atoms with Crippen LogP contribution < -0.4 is 4.90 Å². The number of hydrogen-bond acceptors (Lipinski definition) is 3. The van der Waals surface area contributed by atoms with Gasteiger partial charge in [-0.05, 0) is 25.0 Å². The molecule has 23 heavy (non-hydrogen) atoms. The average molecular weight is 327 g/mol. The first-order valence-electron chi connectivity index (χ1n) is 7.98. The summed E-state index contributed by atoms with van der Waals surface area (Å²) >= 11 is 0. The number of pyridine rings is 1. The molecule has 3 rings (SSSR count). The third kappa shape index (κ3) is 3.59. The lowest BCUT2D eigenvalue weighted by molar-refractivity contribution is -0.141. The summed E-state index contributed by atoms with van der Waals surface area (Å²) in [6.45, 7) is 1.23. The van der Waals surface area contributed by atoms with E-state index in [0.717, 1.165) is 6.42 Å². The van der Waals surface area contributed by atoms with Crippen LogP contribution in [-0.4, -0.2) is 47.9 Å². The van der Waals surface area contributed by atoms with E-state index < -0.39 is 11.7 Å². The van der Waals surface area contributed by atoms with Crippen LogP contribution in [0.1, 0.15) is 25.7 Å². The average Bonchev–Trinajstić information content (AvgIpc) is 2.55. The summed E-state index contributed by atoms with van der Waals surface area (Å²) in [5, 5.41) is 0. The summed E-state index contributed by atoms with van der Waals surface area (Å²) in [5.74, 6) is -3.18. The summed E-state index contributed by atoms with van der Waals surface area (Å²) in [5.41, 5.74) is 0. The standard InChI is InChI=1S/C16H20F3N3O/c17-13-4-1-7-20-14(13)22-8-2-3-12(11-22)15(23)21-9-5-16(18,19)6-10-21/h1,4,7,12H,2-3,5-6,8-11H2. The van der Waals surface area contributed by atoms with Crippen molar-refractivity contribution in [3.8, 4) is 0 Å². The Labute approximate surface area is 133 Å². The Hall–Kier alpha value is -1.79. The number of halogens is 3. The SMILES string of the molecule is O=C(C1CCCN(c2ncccc2F)C1)N1CCC(F)(F)CC1. The van der Waals surface area contributed by atoms with E-state index in [1.807, 2.05) is 0 Å². The highest BCUT2D eigenvalue weighted by atomic mass is 19.3. The summed E-state index contributed by atoms with van der Waals surface area (Å²) in [6, 6.07) is 2.87. The quantitative estimate of drug-likeness (QED) is 0.838. The molecule has 0 N–H and O–H groups in total. The van der Waals surface area contributed by atoms with E-state index in [4.69, 9.17) is 0 Å².